The lowest BCUT2D eigenvalue weighted by molar-refractivity contribution is 0.634. The minimum atomic E-state index is 0.742. The Balaban J connectivity index is 1.96. The van der Waals surface area contributed by atoms with Gasteiger partial charge in [-0.25, -0.2) is 4.75 Å². The normalized spacial score (nSPS) is 11.1. The van der Waals surface area contributed by atoms with Gasteiger partial charge in [0.15, 0.2) is 0 Å². The quantitative estimate of drug-likeness (QED) is 0.614. The lowest BCUT2D eigenvalue weighted by Gasteiger charge is -1.97. The van der Waals surface area contributed by atoms with Crippen LogP contribution in [-0.4, -0.2) is 4.75 Å². The van der Waals surface area contributed by atoms with Gasteiger partial charge < -0.3 is 0 Å². The summed E-state index contributed by atoms with van der Waals surface area (Å²) in [5, 5.41) is 1.55. The predicted molar refractivity (Wildman–Crippen MR) is 56.2 cm³/mol. The summed E-state index contributed by atoms with van der Waals surface area (Å²) in [6.45, 7) is 2.26. The fourth-order valence-corrected chi connectivity index (χ4v) is 2.10. The third-order valence-electron chi connectivity index (χ3n) is 2.11. The summed E-state index contributed by atoms with van der Waals surface area (Å²) >= 11 is 0. The van der Waals surface area contributed by atoms with Crippen molar-refractivity contribution < 1.29 is 0 Å². The third kappa shape index (κ3) is 3.92. The van der Waals surface area contributed by atoms with Gasteiger partial charge in [-0.15, -0.1) is 0 Å². The smallest absolute Gasteiger partial charge is 0.0312 e. The molecule has 1 unspecified atom stereocenters. The lowest BCUT2D eigenvalue weighted by Crippen LogP contribution is -1.81. The zero-order valence-electron chi connectivity index (χ0n) is 7.84. The summed E-state index contributed by atoms with van der Waals surface area (Å²) in [5.41, 5.74) is 0. The molecular weight excluding hydrogens is 165 g/mol. The Bertz CT molecular complexity index is 182. The van der Waals surface area contributed by atoms with Gasteiger partial charge in [-0.3, -0.25) is 0 Å². The minimum absolute atomic E-state index is 0.742. The van der Waals surface area contributed by atoms with Gasteiger partial charge in [0.25, 0.3) is 0 Å². The third-order valence-corrected chi connectivity index (χ3v) is 3.09. The molecule has 1 rings (SSSR count). The predicted octanol–water partition coefficient (Wildman–Crippen LogP) is 3.63. The van der Waals surface area contributed by atoms with Gasteiger partial charge in [0.05, 0.1) is 0 Å². The number of aromatic nitrogens is 1. The highest BCUT2D eigenvalue weighted by molar-refractivity contribution is 7.26. The molecule has 0 bridgehead atoms. The van der Waals surface area contributed by atoms with Crippen molar-refractivity contribution in [1.82, 2.24) is 4.75 Å². The van der Waals surface area contributed by atoms with Crippen molar-refractivity contribution in [3.63, 3.8) is 0 Å². The minimum Gasteiger partial charge on any atom is -0.249 e. The van der Waals surface area contributed by atoms with Crippen molar-refractivity contribution in [2.75, 3.05) is 0 Å². The highest BCUT2D eigenvalue weighted by Crippen LogP contribution is 2.14. The Morgan fingerprint density at radius 2 is 2.08 bits per heavy atom. The van der Waals surface area contributed by atoms with E-state index in [-0.39, 0.29) is 0 Å². The second-order valence-electron chi connectivity index (χ2n) is 3.25. The Hall–Kier alpha value is -0.290. The molecule has 0 aliphatic heterocycles. The fraction of sp³-hybridized carbons (Fsp3) is 0.700. The lowest BCUT2D eigenvalue weighted by atomic mass is 10.1. The maximum Gasteiger partial charge on any atom is 0.0312 e. The highest BCUT2D eigenvalue weighted by Gasteiger charge is 1.93. The second kappa shape index (κ2) is 6.25. The monoisotopic (exact) mass is 183 g/mol. The number of hydrogen-bond acceptors (Lipinski definition) is 1. The van der Waals surface area contributed by atoms with Crippen LogP contribution in [0.2, 0.25) is 0 Å². The van der Waals surface area contributed by atoms with E-state index in [1.54, 1.807) is 5.30 Å². The molecule has 1 aromatic heterocycles. The van der Waals surface area contributed by atoms with Gasteiger partial charge in [-0.1, -0.05) is 32.6 Å². The topological polar surface area (TPSA) is 12.9 Å². The molecule has 1 atom stereocenters. The van der Waals surface area contributed by atoms with E-state index in [9.17, 15) is 0 Å². The summed E-state index contributed by atoms with van der Waals surface area (Å²) in [5.74, 6) is 0. The Labute approximate surface area is 76.8 Å². The molecule has 68 valence electrons. The van der Waals surface area contributed by atoms with E-state index in [1.807, 2.05) is 6.20 Å². The van der Waals surface area contributed by atoms with E-state index >= 15 is 0 Å². The number of rotatable bonds is 6. The SMILES string of the molecule is CCCCCCCc1ccn[pH]1. The van der Waals surface area contributed by atoms with E-state index in [0.717, 1.165) is 8.35 Å². The molecule has 0 aliphatic carbocycles. The average Bonchev–Trinajstić information content (AvgIpc) is 2.57. The molecule has 0 radical (unpaired) electrons. The number of nitrogens with zero attached hydrogens (tertiary/aromatic N) is 1. The summed E-state index contributed by atoms with van der Waals surface area (Å²) in [4.78, 5) is 0. The van der Waals surface area contributed by atoms with Gasteiger partial charge in [-0.2, -0.15) is 0 Å². The van der Waals surface area contributed by atoms with Crippen LogP contribution >= 0.6 is 8.35 Å². The largest absolute Gasteiger partial charge is 0.249 e. The van der Waals surface area contributed by atoms with Gasteiger partial charge in [0, 0.05) is 6.20 Å². The summed E-state index contributed by atoms with van der Waals surface area (Å²) in [6, 6.07) is 2.18. The molecular formula is C10H18NP. The molecule has 0 aromatic carbocycles. The van der Waals surface area contributed by atoms with E-state index in [4.69, 9.17) is 0 Å². The highest BCUT2D eigenvalue weighted by atomic mass is 31.0. The van der Waals surface area contributed by atoms with Crippen LogP contribution in [0.3, 0.4) is 0 Å². The van der Waals surface area contributed by atoms with Crippen LogP contribution in [-0.2, 0) is 6.42 Å². The molecule has 1 nitrogen and oxygen atoms in total. The number of unbranched alkanes of at least 4 members (excludes halogenated alkanes) is 4. The Kier molecular flexibility index (Phi) is 5.10. The standard InChI is InChI=1S/C10H18NP/c1-2-3-4-5-6-7-10-8-9-11-12-10/h8-9,12H,2-7H2,1H3. The van der Waals surface area contributed by atoms with Crippen LogP contribution in [0.5, 0.6) is 0 Å². The zero-order valence-corrected chi connectivity index (χ0v) is 8.84. The van der Waals surface area contributed by atoms with Gasteiger partial charge >= 0.3 is 0 Å². The summed E-state index contributed by atoms with van der Waals surface area (Å²) in [6.07, 6.45) is 10.1. The molecule has 0 N–H and O–H groups in total. The van der Waals surface area contributed by atoms with Crippen molar-refractivity contribution in [3.05, 3.63) is 17.6 Å². The Morgan fingerprint density at radius 1 is 1.25 bits per heavy atom. The van der Waals surface area contributed by atoms with Crippen molar-refractivity contribution in [2.45, 2.75) is 45.4 Å². The Morgan fingerprint density at radius 3 is 2.75 bits per heavy atom. The van der Waals surface area contributed by atoms with Crippen molar-refractivity contribution in [1.29, 1.82) is 0 Å². The maximum atomic E-state index is 4.19. The van der Waals surface area contributed by atoms with Crippen LogP contribution in [0, 0.1) is 0 Å². The van der Waals surface area contributed by atoms with Crippen LogP contribution < -0.4 is 0 Å². The first-order valence-corrected chi connectivity index (χ1v) is 5.86. The first kappa shape index (κ1) is 9.80. The second-order valence-corrected chi connectivity index (χ2v) is 4.37. The van der Waals surface area contributed by atoms with Crippen LogP contribution in [0.1, 0.15) is 44.3 Å². The molecule has 0 fully saturated rings. The van der Waals surface area contributed by atoms with Gasteiger partial charge in [0.2, 0.25) is 0 Å². The first-order chi connectivity index (χ1) is 5.93. The van der Waals surface area contributed by atoms with E-state index in [1.165, 1.54) is 38.5 Å². The summed E-state index contributed by atoms with van der Waals surface area (Å²) in [7, 11) is 0.742. The van der Waals surface area contributed by atoms with Gasteiger partial charge in [-0.05, 0) is 32.6 Å². The van der Waals surface area contributed by atoms with Crippen molar-refractivity contribution in [3.8, 4) is 0 Å². The van der Waals surface area contributed by atoms with Crippen LogP contribution in [0.4, 0.5) is 0 Å². The van der Waals surface area contributed by atoms with Gasteiger partial charge in [0.1, 0.15) is 0 Å². The van der Waals surface area contributed by atoms with Crippen molar-refractivity contribution >= 4 is 8.35 Å². The molecule has 0 spiro atoms. The van der Waals surface area contributed by atoms with E-state index in [0.29, 0.717) is 0 Å². The maximum absolute atomic E-state index is 4.19. The first-order valence-electron chi connectivity index (χ1n) is 4.91. The molecule has 0 saturated carbocycles. The molecule has 0 saturated heterocycles. The number of hydrogen-bond donors (Lipinski definition) is 0. The fourth-order valence-electron chi connectivity index (χ4n) is 1.34. The molecule has 1 heterocycles. The molecule has 0 aliphatic rings. The molecule has 0 amide bonds. The molecule has 2 heteroatoms. The molecule has 12 heavy (non-hydrogen) atoms. The van der Waals surface area contributed by atoms with Crippen LogP contribution in [0.25, 0.3) is 0 Å². The number of aryl methyl sites for hydroxylation is 1. The molecule has 1 aromatic rings. The van der Waals surface area contributed by atoms with Crippen LogP contribution in [0.15, 0.2) is 12.3 Å². The van der Waals surface area contributed by atoms with E-state index in [2.05, 4.69) is 17.7 Å². The zero-order chi connectivity index (χ0) is 8.65. The summed E-state index contributed by atoms with van der Waals surface area (Å²) < 4.78 is 4.19. The average molecular weight is 183 g/mol. The van der Waals surface area contributed by atoms with Crippen molar-refractivity contribution in [2.24, 2.45) is 0 Å². The van der Waals surface area contributed by atoms with E-state index < -0.39 is 0 Å².